The molecule has 1 heterocycles. The molecule has 1 atom stereocenters. The van der Waals surface area contributed by atoms with Gasteiger partial charge in [-0.1, -0.05) is 6.42 Å². The van der Waals surface area contributed by atoms with Crippen molar-refractivity contribution in [1.29, 1.82) is 0 Å². The van der Waals surface area contributed by atoms with Crippen LogP contribution in [0.4, 0.5) is 0 Å². The second kappa shape index (κ2) is 5.77. The Kier molecular flexibility index (Phi) is 4.56. The molecule has 1 rings (SSSR count). The molecule has 0 N–H and O–H groups in total. The van der Waals surface area contributed by atoms with Crippen LogP contribution in [-0.2, 0) is 4.79 Å². The van der Waals surface area contributed by atoms with Crippen molar-refractivity contribution in [3.05, 3.63) is 0 Å². The molecule has 1 saturated heterocycles. The fourth-order valence-electron chi connectivity index (χ4n) is 1.89. The van der Waals surface area contributed by atoms with Gasteiger partial charge in [0, 0.05) is 18.9 Å². The molecular formula is C11H17NO. The van der Waals surface area contributed by atoms with Gasteiger partial charge in [-0.05, 0) is 25.9 Å². The topological polar surface area (TPSA) is 20.3 Å². The molecule has 0 bridgehead atoms. The monoisotopic (exact) mass is 179 g/mol. The lowest BCUT2D eigenvalue weighted by molar-refractivity contribution is -0.109. The highest BCUT2D eigenvalue weighted by Gasteiger charge is 2.18. The molecule has 1 fully saturated rings. The second-order valence-corrected chi connectivity index (χ2v) is 3.56. The fourth-order valence-corrected chi connectivity index (χ4v) is 1.89. The third-order valence-electron chi connectivity index (χ3n) is 2.63. The summed E-state index contributed by atoms with van der Waals surface area (Å²) >= 11 is 0. The van der Waals surface area contributed by atoms with E-state index in [1.54, 1.807) is 0 Å². The minimum absolute atomic E-state index is 0.294. The molecule has 72 valence electrons. The van der Waals surface area contributed by atoms with Crippen molar-refractivity contribution >= 4 is 6.29 Å². The number of hydrogen-bond donors (Lipinski definition) is 0. The van der Waals surface area contributed by atoms with Crippen LogP contribution in [0.15, 0.2) is 0 Å². The van der Waals surface area contributed by atoms with E-state index in [-0.39, 0.29) is 0 Å². The molecule has 0 saturated carbocycles. The van der Waals surface area contributed by atoms with Crippen molar-refractivity contribution in [2.45, 2.75) is 38.1 Å². The largest absolute Gasteiger partial charge is 0.303 e. The predicted molar refractivity (Wildman–Crippen MR) is 53.3 cm³/mol. The van der Waals surface area contributed by atoms with Gasteiger partial charge in [-0.2, -0.15) is 0 Å². The van der Waals surface area contributed by atoms with Gasteiger partial charge in [0.15, 0.2) is 0 Å². The molecule has 2 heteroatoms. The smallest absolute Gasteiger partial charge is 0.121 e. The number of terminal acetylenes is 1. The first-order chi connectivity index (χ1) is 6.38. The lowest BCUT2D eigenvalue weighted by atomic mass is 10.0. The highest BCUT2D eigenvalue weighted by atomic mass is 16.1. The first kappa shape index (κ1) is 10.3. The van der Waals surface area contributed by atoms with Crippen LogP contribution in [0, 0.1) is 12.3 Å². The van der Waals surface area contributed by atoms with E-state index < -0.39 is 0 Å². The van der Waals surface area contributed by atoms with Gasteiger partial charge in [0.25, 0.3) is 0 Å². The summed E-state index contributed by atoms with van der Waals surface area (Å²) < 4.78 is 0. The van der Waals surface area contributed by atoms with Crippen molar-refractivity contribution in [2.24, 2.45) is 0 Å². The van der Waals surface area contributed by atoms with Crippen LogP contribution in [0.5, 0.6) is 0 Å². The number of hydrogen-bond acceptors (Lipinski definition) is 2. The molecule has 0 spiro atoms. The van der Waals surface area contributed by atoms with E-state index in [0.717, 1.165) is 19.4 Å². The molecule has 1 unspecified atom stereocenters. The van der Waals surface area contributed by atoms with Gasteiger partial charge in [0.05, 0.1) is 0 Å². The molecule has 0 radical (unpaired) electrons. The van der Waals surface area contributed by atoms with Crippen LogP contribution in [0.25, 0.3) is 0 Å². The summed E-state index contributed by atoms with van der Waals surface area (Å²) in [6, 6.07) is 0.294. The zero-order chi connectivity index (χ0) is 9.52. The Labute approximate surface area is 80.3 Å². The molecule has 0 aromatic rings. The Bertz CT molecular complexity index is 189. The summed E-state index contributed by atoms with van der Waals surface area (Å²) in [6.45, 7) is 2.22. The molecule has 1 aliphatic rings. The molecule has 0 aliphatic carbocycles. The number of rotatable bonds is 4. The molecular weight excluding hydrogens is 162 g/mol. The standard InChI is InChI=1S/C11H17NO/c1-2-6-11(7-10-13)12-8-4-3-5-9-12/h1,10-11H,3-9H2. The lowest BCUT2D eigenvalue weighted by Crippen LogP contribution is -2.39. The van der Waals surface area contributed by atoms with E-state index >= 15 is 0 Å². The van der Waals surface area contributed by atoms with Gasteiger partial charge >= 0.3 is 0 Å². The maximum atomic E-state index is 10.4. The predicted octanol–water partition coefficient (Wildman–Crippen LogP) is 1.45. The van der Waals surface area contributed by atoms with Crippen LogP contribution >= 0.6 is 0 Å². The Morgan fingerprint density at radius 2 is 2.08 bits per heavy atom. The summed E-state index contributed by atoms with van der Waals surface area (Å²) in [5, 5.41) is 0. The second-order valence-electron chi connectivity index (χ2n) is 3.56. The van der Waals surface area contributed by atoms with Crippen molar-refractivity contribution in [2.75, 3.05) is 13.1 Å². The van der Waals surface area contributed by atoms with Crippen LogP contribution in [0.2, 0.25) is 0 Å². The quantitative estimate of drug-likeness (QED) is 0.481. The van der Waals surface area contributed by atoms with Crippen molar-refractivity contribution in [3.63, 3.8) is 0 Å². The average molecular weight is 179 g/mol. The Morgan fingerprint density at radius 1 is 1.38 bits per heavy atom. The summed E-state index contributed by atoms with van der Waals surface area (Å²) in [5.74, 6) is 2.65. The summed E-state index contributed by atoms with van der Waals surface area (Å²) in [5.41, 5.74) is 0. The van der Waals surface area contributed by atoms with E-state index in [1.165, 1.54) is 19.3 Å². The summed E-state index contributed by atoms with van der Waals surface area (Å²) in [7, 11) is 0. The molecule has 13 heavy (non-hydrogen) atoms. The first-order valence-electron chi connectivity index (χ1n) is 4.99. The molecule has 0 aromatic heterocycles. The van der Waals surface area contributed by atoms with Crippen molar-refractivity contribution in [1.82, 2.24) is 4.90 Å². The first-order valence-corrected chi connectivity index (χ1v) is 4.99. The third-order valence-corrected chi connectivity index (χ3v) is 2.63. The summed E-state index contributed by atoms with van der Waals surface area (Å²) in [6.07, 6.45) is 11.4. The average Bonchev–Trinajstić information content (AvgIpc) is 2.19. The maximum Gasteiger partial charge on any atom is 0.121 e. The van der Waals surface area contributed by atoms with Gasteiger partial charge in [0.2, 0.25) is 0 Å². The molecule has 2 nitrogen and oxygen atoms in total. The number of piperidine rings is 1. The number of aldehydes is 1. The van der Waals surface area contributed by atoms with Crippen LogP contribution in [-0.4, -0.2) is 30.3 Å². The van der Waals surface area contributed by atoms with Gasteiger partial charge in [-0.25, -0.2) is 0 Å². The highest BCUT2D eigenvalue weighted by molar-refractivity contribution is 5.50. The van der Waals surface area contributed by atoms with Crippen molar-refractivity contribution in [3.8, 4) is 12.3 Å². The van der Waals surface area contributed by atoms with Gasteiger partial charge in [0.1, 0.15) is 6.29 Å². The van der Waals surface area contributed by atoms with Crippen LogP contribution < -0.4 is 0 Å². The van der Waals surface area contributed by atoms with Gasteiger partial charge in [-0.15, -0.1) is 12.3 Å². The van der Waals surface area contributed by atoms with Gasteiger partial charge < -0.3 is 4.79 Å². The van der Waals surface area contributed by atoms with E-state index in [9.17, 15) is 4.79 Å². The fraction of sp³-hybridized carbons (Fsp3) is 0.727. The van der Waals surface area contributed by atoms with E-state index in [0.29, 0.717) is 18.9 Å². The van der Waals surface area contributed by atoms with Crippen LogP contribution in [0.1, 0.15) is 32.1 Å². The minimum Gasteiger partial charge on any atom is -0.303 e. The number of nitrogens with zero attached hydrogens (tertiary/aromatic N) is 1. The number of likely N-dealkylation sites (tertiary alicyclic amines) is 1. The zero-order valence-corrected chi connectivity index (χ0v) is 8.04. The molecule has 0 amide bonds. The van der Waals surface area contributed by atoms with E-state index in [1.807, 2.05) is 0 Å². The highest BCUT2D eigenvalue weighted by Crippen LogP contribution is 2.15. The number of carbonyl (C=O) groups excluding carboxylic acids is 1. The van der Waals surface area contributed by atoms with Crippen molar-refractivity contribution < 1.29 is 4.79 Å². The zero-order valence-electron chi connectivity index (χ0n) is 8.04. The maximum absolute atomic E-state index is 10.4. The Hall–Kier alpha value is -0.810. The van der Waals surface area contributed by atoms with E-state index in [2.05, 4.69) is 10.8 Å². The third kappa shape index (κ3) is 3.20. The normalized spacial score (nSPS) is 20.5. The molecule has 1 aliphatic heterocycles. The van der Waals surface area contributed by atoms with Gasteiger partial charge in [-0.3, -0.25) is 4.90 Å². The number of carbonyl (C=O) groups is 1. The van der Waals surface area contributed by atoms with Crippen LogP contribution in [0.3, 0.4) is 0 Å². The summed E-state index contributed by atoms with van der Waals surface area (Å²) in [4.78, 5) is 12.8. The minimum atomic E-state index is 0.294. The van der Waals surface area contributed by atoms with E-state index in [4.69, 9.17) is 6.42 Å². The Morgan fingerprint density at radius 3 is 2.62 bits per heavy atom. The molecule has 0 aromatic carbocycles. The SMILES string of the molecule is C#CCC(CC=O)N1CCCCC1. The lowest BCUT2D eigenvalue weighted by Gasteiger charge is -2.32. The Balaban J connectivity index is 2.41.